The number of methoxy groups -OCH3 is 3. The molecule has 0 aliphatic heterocycles. The SMILES string of the molecule is CCOC(=O)CCCCOc1cc(C=CC(=O)c2cc(OC)ccc2OC)ncc1OC. The van der Waals surface area contributed by atoms with Crippen LogP contribution in [0.5, 0.6) is 23.0 Å². The fraction of sp³-hybridized carbons (Fsp3) is 0.375. The summed E-state index contributed by atoms with van der Waals surface area (Å²) < 4.78 is 26.5. The molecule has 0 spiro atoms. The molecule has 0 atom stereocenters. The highest BCUT2D eigenvalue weighted by Gasteiger charge is 2.12. The maximum absolute atomic E-state index is 12.7. The average Bonchev–Trinajstić information content (AvgIpc) is 2.82. The third kappa shape index (κ3) is 7.30. The maximum Gasteiger partial charge on any atom is 0.305 e. The maximum atomic E-state index is 12.7. The van der Waals surface area contributed by atoms with Crippen molar-refractivity contribution in [2.45, 2.75) is 26.2 Å². The summed E-state index contributed by atoms with van der Waals surface area (Å²) in [7, 11) is 4.56. The Balaban J connectivity index is 2.04. The molecule has 0 radical (unpaired) electrons. The zero-order valence-corrected chi connectivity index (χ0v) is 18.9. The lowest BCUT2D eigenvalue weighted by atomic mass is 10.1. The second kappa shape index (κ2) is 13.0. The molecular formula is C24H29NO7. The molecule has 0 fully saturated rings. The quantitative estimate of drug-likeness (QED) is 0.198. The van der Waals surface area contributed by atoms with Crippen molar-refractivity contribution in [3.8, 4) is 23.0 Å². The minimum absolute atomic E-state index is 0.209. The Kier molecular flexibility index (Phi) is 10.0. The number of esters is 1. The minimum Gasteiger partial charge on any atom is -0.497 e. The number of ether oxygens (including phenoxy) is 5. The lowest BCUT2D eigenvalue weighted by molar-refractivity contribution is -0.143. The van der Waals surface area contributed by atoms with Gasteiger partial charge in [0.15, 0.2) is 17.3 Å². The Labute approximate surface area is 188 Å². The Hall–Kier alpha value is -3.55. The van der Waals surface area contributed by atoms with E-state index in [0.717, 1.165) is 0 Å². The van der Waals surface area contributed by atoms with E-state index in [0.29, 0.717) is 66.7 Å². The van der Waals surface area contributed by atoms with E-state index in [1.165, 1.54) is 33.6 Å². The fourth-order valence-electron chi connectivity index (χ4n) is 2.84. The van der Waals surface area contributed by atoms with Crippen LogP contribution in [0, 0.1) is 0 Å². The van der Waals surface area contributed by atoms with Crippen molar-refractivity contribution in [2.75, 3.05) is 34.5 Å². The van der Waals surface area contributed by atoms with Gasteiger partial charge in [0.05, 0.1) is 52.0 Å². The first kappa shape index (κ1) is 24.7. The highest BCUT2D eigenvalue weighted by atomic mass is 16.5. The van der Waals surface area contributed by atoms with Gasteiger partial charge in [-0.3, -0.25) is 14.6 Å². The summed E-state index contributed by atoms with van der Waals surface area (Å²) in [5.41, 5.74) is 0.914. The van der Waals surface area contributed by atoms with Crippen LogP contribution in [0.4, 0.5) is 0 Å². The molecule has 1 heterocycles. The van der Waals surface area contributed by atoms with Crippen molar-refractivity contribution in [3.05, 3.63) is 47.8 Å². The summed E-state index contributed by atoms with van der Waals surface area (Å²) in [5.74, 6) is 1.54. The summed E-state index contributed by atoms with van der Waals surface area (Å²) in [6, 6.07) is 6.72. The predicted octanol–water partition coefficient (Wildman–Crippen LogP) is 4.12. The van der Waals surface area contributed by atoms with E-state index in [1.54, 1.807) is 37.3 Å². The molecule has 0 bridgehead atoms. The van der Waals surface area contributed by atoms with E-state index in [1.807, 2.05) is 0 Å². The van der Waals surface area contributed by atoms with E-state index < -0.39 is 0 Å². The molecule has 8 nitrogen and oxygen atoms in total. The monoisotopic (exact) mass is 443 g/mol. The van der Waals surface area contributed by atoms with Gasteiger partial charge in [0.25, 0.3) is 0 Å². The standard InChI is InChI=1S/C24H29NO7/c1-5-31-24(27)8-6-7-13-32-22-14-17(25-16-23(22)30-4)9-11-20(26)19-15-18(28-2)10-12-21(19)29-3/h9-12,14-16H,5-8,13H2,1-4H3. The first-order valence-corrected chi connectivity index (χ1v) is 10.3. The summed E-state index contributed by atoms with van der Waals surface area (Å²) >= 11 is 0. The number of rotatable bonds is 13. The second-order valence-corrected chi connectivity index (χ2v) is 6.63. The Morgan fingerprint density at radius 1 is 0.969 bits per heavy atom. The molecule has 0 saturated carbocycles. The van der Waals surface area contributed by atoms with Crippen molar-refractivity contribution in [1.82, 2.24) is 4.98 Å². The zero-order valence-electron chi connectivity index (χ0n) is 18.9. The highest BCUT2D eigenvalue weighted by molar-refractivity contribution is 6.08. The summed E-state index contributed by atoms with van der Waals surface area (Å²) in [4.78, 5) is 28.3. The first-order chi connectivity index (χ1) is 15.5. The van der Waals surface area contributed by atoms with Crippen LogP contribution in [0.1, 0.15) is 42.2 Å². The lowest BCUT2D eigenvalue weighted by Crippen LogP contribution is -2.05. The topological polar surface area (TPSA) is 93.2 Å². The summed E-state index contributed by atoms with van der Waals surface area (Å²) in [6.07, 6.45) is 6.24. The van der Waals surface area contributed by atoms with Crippen molar-refractivity contribution in [1.29, 1.82) is 0 Å². The summed E-state index contributed by atoms with van der Waals surface area (Å²) in [5, 5.41) is 0. The van der Waals surface area contributed by atoms with Crippen LogP contribution in [0.3, 0.4) is 0 Å². The Bertz CT molecular complexity index is 940. The van der Waals surface area contributed by atoms with Gasteiger partial charge in [-0.15, -0.1) is 0 Å². The molecule has 2 aromatic rings. The number of hydrogen-bond donors (Lipinski definition) is 0. The van der Waals surface area contributed by atoms with Gasteiger partial charge in [0.1, 0.15) is 11.5 Å². The van der Waals surface area contributed by atoms with Crippen molar-refractivity contribution < 1.29 is 33.3 Å². The van der Waals surface area contributed by atoms with Gasteiger partial charge in [0, 0.05) is 12.5 Å². The largest absolute Gasteiger partial charge is 0.497 e. The van der Waals surface area contributed by atoms with Crippen LogP contribution >= 0.6 is 0 Å². The van der Waals surface area contributed by atoms with E-state index in [9.17, 15) is 9.59 Å². The van der Waals surface area contributed by atoms with E-state index >= 15 is 0 Å². The van der Waals surface area contributed by atoms with E-state index in [-0.39, 0.29) is 11.8 Å². The molecule has 0 aliphatic carbocycles. The molecule has 172 valence electrons. The Morgan fingerprint density at radius 2 is 1.75 bits per heavy atom. The molecule has 0 saturated heterocycles. The number of pyridine rings is 1. The highest BCUT2D eigenvalue weighted by Crippen LogP contribution is 2.28. The molecule has 0 aliphatic rings. The lowest BCUT2D eigenvalue weighted by Gasteiger charge is -2.11. The number of benzene rings is 1. The van der Waals surface area contributed by atoms with Crippen LogP contribution in [0.15, 0.2) is 36.5 Å². The van der Waals surface area contributed by atoms with Crippen molar-refractivity contribution in [2.24, 2.45) is 0 Å². The molecule has 2 rings (SSSR count). The number of aromatic nitrogens is 1. The number of nitrogens with zero attached hydrogens (tertiary/aromatic N) is 1. The number of carbonyl (C=O) groups excluding carboxylic acids is 2. The smallest absolute Gasteiger partial charge is 0.305 e. The second-order valence-electron chi connectivity index (χ2n) is 6.63. The van der Waals surface area contributed by atoms with Gasteiger partial charge in [-0.05, 0) is 50.1 Å². The fourth-order valence-corrected chi connectivity index (χ4v) is 2.84. The third-order valence-corrected chi connectivity index (χ3v) is 4.49. The zero-order chi connectivity index (χ0) is 23.3. The molecule has 1 aromatic heterocycles. The first-order valence-electron chi connectivity index (χ1n) is 10.3. The predicted molar refractivity (Wildman–Crippen MR) is 120 cm³/mol. The summed E-state index contributed by atoms with van der Waals surface area (Å²) in [6.45, 7) is 2.57. The van der Waals surface area contributed by atoms with Crippen molar-refractivity contribution >= 4 is 17.8 Å². The number of allylic oxidation sites excluding steroid dienone is 1. The molecule has 8 heteroatoms. The number of carbonyl (C=O) groups is 2. The van der Waals surface area contributed by atoms with Crippen molar-refractivity contribution in [3.63, 3.8) is 0 Å². The van der Waals surface area contributed by atoms with Crippen LogP contribution in [-0.4, -0.2) is 51.3 Å². The molecular weight excluding hydrogens is 414 g/mol. The van der Waals surface area contributed by atoms with E-state index in [4.69, 9.17) is 23.7 Å². The van der Waals surface area contributed by atoms with Gasteiger partial charge >= 0.3 is 5.97 Å². The van der Waals surface area contributed by atoms with Gasteiger partial charge < -0.3 is 23.7 Å². The minimum atomic E-state index is -0.250. The number of ketones is 1. The van der Waals surface area contributed by atoms with Gasteiger partial charge in [-0.25, -0.2) is 0 Å². The molecule has 0 N–H and O–H groups in total. The number of unbranched alkanes of at least 4 members (excludes halogenated alkanes) is 1. The molecule has 0 unspecified atom stereocenters. The van der Waals surface area contributed by atoms with Gasteiger partial charge in [0.2, 0.25) is 0 Å². The molecule has 32 heavy (non-hydrogen) atoms. The van der Waals surface area contributed by atoms with Crippen LogP contribution < -0.4 is 18.9 Å². The van der Waals surface area contributed by atoms with E-state index in [2.05, 4.69) is 4.98 Å². The molecule has 1 aromatic carbocycles. The van der Waals surface area contributed by atoms with Crippen LogP contribution in [0.2, 0.25) is 0 Å². The van der Waals surface area contributed by atoms with Crippen LogP contribution in [0.25, 0.3) is 6.08 Å². The number of hydrogen-bond acceptors (Lipinski definition) is 8. The van der Waals surface area contributed by atoms with Gasteiger partial charge in [-0.1, -0.05) is 0 Å². The third-order valence-electron chi connectivity index (χ3n) is 4.49. The van der Waals surface area contributed by atoms with Gasteiger partial charge in [-0.2, -0.15) is 0 Å². The normalized spacial score (nSPS) is 10.6. The Morgan fingerprint density at radius 3 is 2.44 bits per heavy atom. The molecule has 0 amide bonds. The van der Waals surface area contributed by atoms with Crippen LogP contribution in [-0.2, 0) is 9.53 Å². The average molecular weight is 443 g/mol.